The van der Waals surface area contributed by atoms with E-state index in [1.807, 2.05) is 25.3 Å². The van der Waals surface area contributed by atoms with E-state index in [1.54, 1.807) is 46.1 Å². The Kier molecular flexibility index (Phi) is 12.6. The third-order valence-electron chi connectivity index (χ3n) is 11.6. The minimum atomic E-state index is -3.92. The fourth-order valence-electron chi connectivity index (χ4n) is 8.27. The highest BCUT2D eigenvalue weighted by Gasteiger charge is 2.62. The molecule has 4 aliphatic rings. The lowest BCUT2D eigenvalue weighted by molar-refractivity contribution is -0.142. The summed E-state index contributed by atoms with van der Waals surface area (Å²) in [5.41, 5.74) is -0.649. The van der Waals surface area contributed by atoms with Crippen molar-refractivity contribution in [2.24, 2.45) is 11.8 Å². The molecule has 4 amide bonds. The summed E-state index contributed by atoms with van der Waals surface area (Å²) in [7, 11) is -2.36. The van der Waals surface area contributed by atoms with Gasteiger partial charge < -0.3 is 35.1 Å². The monoisotopic (exact) mass is 879 g/mol. The van der Waals surface area contributed by atoms with Gasteiger partial charge in [0.2, 0.25) is 21.8 Å². The molecule has 0 radical (unpaired) electrons. The minimum Gasteiger partial charge on any atom is -0.497 e. The average molecular weight is 880 g/mol. The maximum Gasteiger partial charge on any atom is 0.408 e. The Balaban J connectivity index is 1.23. The van der Waals surface area contributed by atoms with Crippen molar-refractivity contribution in [3.05, 3.63) is 42.3 Å². The Morgan fingerprint density at radius 3 is 2.41 bits per heavy atom. The van der Waals surface area contributed by atoms with E-state index in [-0.39, 0.29) is 31.3 Å². The molecule has 1 aromatic carbocycles. The predicted octanol–water partition coefficient (Wildman–Crippen LogP) is 5.68. The molecule has 16 nitrogen and oxygen atoms in total. The van der Waals surface area contributed by atoms with Gasteiger partial charge in [-0.1, -0.05) is 25.3 Å². The van der Waals surface area contributed by atoms with Gasteiger partial charge in [0.05, 0.1) is 30.1 Å². The fraction of sp³-hybridized carbons (Fsp3) is 0.581. The van der Waals surface area contributed by atoms with Crippen molar-refractivity contribution in [1.82, 2.24) is 30.2 Å². The lowest BCUT2D eigenvalue weighted by atomic mass is 9.83. The third-order valence-corrected chi connectivity index (χ3v) is 14.2. The van der Waals surface area contributed by atoms with E-state index in [1.165, 1.54) is 22.3 Å². The molecule has 4 N–H and O–H groups in total. The largest absolute Gasteiger partial charge is 0.497 e. The molecule has 3 aliphatic carbocycles. The summed E-state index contributed by atoms with van der Waals surface area (Å²) in [6.07, 6.45) is 5.23. The van der Waals surface area contributed by atoms with Gasteiger partial charge in [0.25, 0.3) is 5.91 Å². The number of likely N-dealkylation sites (tertiary alicyclic amines) is 1. The Bertz CT molecular complexity index is 2280. The number of aromatic nitrogens is 2. The number of methoxy groups -OCH3 is 1. The first-order valence-corrected chi connectivity index (χ1v) is 23.5. The second-order valence-electron chi connectivity index (χ2n) is 17.9. The van der Waals surface area contributed by atoms with E-state index in [0.717, 1.165) is 24.4 Å². The van der Waals surface area contributed by atoms with Gasteiger partial charge in [-0.2, -0.15) is 0 Å². The molecule has 1 saturated heterocycles. The number of rotatable bonds is 15. The van der Waals surface area contributed by atoms with E-state index in [9.17, 15) is 27.6 Å². The van der Waals surface area contributed by atoms with Crippen LogP contribution in [0, 0.1) is 11.8 Å². The van der Waals surface area contributed by atoms with E-state index in [4.69, 9.17) is 24.2 Å². The lowest BCUT2D eigenvalue weighted by Crippen LogP contribution is -2.59. The number of amides is 4. The number of hydrogen-bond donors (Lipinski definition) is 4. The lowest BCUT2D eigenvalue weighted by Gasteiger charge is -2.35. The second kappa shape index (κ2) is 17.4. The van der Waals surface area contributed by atoms with Crippen LogP contribution in [0.4, 0.5) is 9.93 Å². The molecule has 0 bridgehead atoms. The molecule has 3 heterocycles. The summed E-state index contributed by atoms with van der Waals surface area (Å²) in [6, 6.07) is 5.21. The topological polar surface area (TPSA) is 207 Å². The fourth-order valence-corrected chi connectivity index (χ4v) is 10.5. The van der Waals surface area contributed by atoms with Crippen molar-refractivity contribution in [3.8, 4) is 22.9 Å². The Morgan fingerprint density at radius 2 is 1.77 bits per heavy atom. The zero-order chi connectivity index (χ0) is 43.9. The van der Waals surface area contributed by atoms with E-state index in [0.29, 0.717) is 59.5 Å². The Hall–Kier alpha value is -4.97. The van der Waals surface area contributed by atoms with E-state index in [2.05, 4.69) is 27.3 Å². The summed E-state index contributed by atoms with van der Waals surface area (Å²) in [6.45, 7) is 13.1. The van der Waals surface area contributed by atoms with Crippen LogP contribution in [0.1, 0.15) is 92.4 Å². The quantitative estimate of drug-likeness (QED) is 0.136. The summed E-state index contributed by atoms with van der Waals surface area (Å²) in [5.74, 6) is -1.69. The van der Waals surface area contributed by atoms with Crippen LogP contribution in [0.25, 0.3) is 22.3 Å². The molecule has 4 fully saturated rings. The van der Waals surface area contributed by atoms with Gasteiger partial charge in [-0.05, 0) is 84.8 Å². The number of nitrogens with one attached hydrogen (secondary N) is 4. The minimum absolute atomic E-state index is 0.0205. The van der Waals surface area contributed by atoms with E-state index < -0.39 is 74.3 Å². The summed E-state index contributed by atoms with van der Waals surface area (Å²) < 4.78 is 45.8. The van der Waals surface area contributed by atoms with Crippen molar-refractivity contribution < 1.29 is 41.8 Å². The van der Waals surface area contributed by atoms with Crippen molar-refractivity contribution >= 4 is 61.2 Å². The molecule has 3 saturated carbocycles. The van der Waals surface area contributed by atoms with Crippen LogP contribution >= 0.6 is 11.3 Å². The molecule has 7 rings (SSSR count). The molecule has 3 aromatic rings. The highest BCUT2D eigenvalue weighted by atomic mass is 32.2. The van der Waals surface area contributed by atoms with Crippen LogP contribution in [0.15, 0.2) is 42.3 Å². The number of carbonyl (C=O) groups excluding carboxylic acids is 4. The van der Waals surface area contributed by atoms with Gasteiger partial charge in [0, 0.05) is 41.3 Å². The highest BCUT2D eigenvalue weighted by molar-refractivity contribution is 7.91. The van der Waals surface area contributed by atoms with Gasteiger partial charge in [-0.15, -0.1) is 17.9 Å². The smallest absolute Gasteiger partial charge is 0.408 e. The molecule has 5 atom stereocenters. The van der Waals surface area contributed by atoms with Crippen LogP contribution < -0.4 is 30.1 Å². The standard InChI is InChI=1S/C43H57N7O9S2/c1-8-26-21-43(26,39(53)49-61(55,56)29-15-16-29)48-37(51)34-19-28(22-50(34)38(52)36(25-12-10-9-11-13-25)47-41(54)59-42(4,5)6)58-35-20-32(33-23-60-40(46-33)44-24(2)3)45-31-18-27(57-7)14-17-30(31)35/h8,14,17-18,20,23-26,28-29,34,36H,1,9-13,15-16,19,21-22H2,2-7H3,(H,44,46)(H,47,54)(H,48,51)(H,49,53)/t26-,28+,34-,36-,43+/m0/s1. The van der Waals surface area contributed by atoms with Gasteiger partial charge >= 0.3 is 6.09 Å². The summed E-state index contributed by atoms with van der Waals surface area (Å²) in [5, 5.41) is 11.7. The van der Waals surface area contributed by atoms with Gasteiger partial charge in [0.15, 0.2) is 5.13 Å². The van der Waals surface area contributed by atoms with Gasteiger partial charge in [0.1, 0.15) is 46.5 Å². The number of anilines is 1. The average Bonchev–Trinajstić information content (AvgIpc) is 4.10. The molecule has 18 heteroatoms. The maximum atomic E-state index is 15.0. The van der Waals surface area contributed by atoms with Crippen molar-refractivity contribution in [1.29, 1.82) is 0 Å². The predicted molar refractivity (Wildman–Crippen MR) is 232 cm³/mol. The van der Waals surface area contributed by atoms with Crippen LogP contribution in [0.5, 0.6) is 11.5 Å². The van der Waals surface area contributed by atoms with Crippen LogP contribution in [0.2, 0.25) is 0 Å². The van der Waals surface area contributed by atoms with Crippen molar-refractivity contribution in [3.63, 3.8) is 0 Å². The molecule has 1 aliphatic heterocycles. The molecule has 0 spiro atoms. The maximum absolute atomic E-state index is 15.0. The van der Waals surface area contributed by atoms with Crippen molar-refractivity contribution in [2.45, 2.75) is 133 Å². The number of benzene rings is 1. The molecule has 0 unspecified atom stereocenters. The summed E-state index contributed by atoms with van der Waals surface area (Å²) >= 11 is 1.45. The zero-order valence-corrected chi connectivity index (χ0v) is 37.2. The first-order valence-electron chi connectivity index (χ1n) is 21.1. The normalized spacial score (nSPS) is 23.5. The number of carbonyl (C=O) groups is 4. The number of fused-ring (bicyclic) bond motifs is 1. The first kappa shape index (κ1) is 44.1. The Morgan fingerprint density at radius 1 is 1.03 bits per heavy atom. The zero-order valence-electron chi connectivity index (χ0n) is 35.6. The first-order chi connectivity index (χ1) is 28.9. The highest BCUT2D eigenvalue weighted by Crippen LogP contribution is 2.46. The Labute approximate surface area is 361 Å². The number of sulfonamides is 1. The summed E-state index contributed by atoms with van der Waals surface area (Å²) in [4.78, 5) is 67.7. The molecule has 330 valence electrons. The number of ether oxygens (including phenoxy) is 3. The van der Waals surface area contributed by atoms with Crippen LogP contribution in [-0.2, 0) is 29.1 Å². The molecular weight excluding hydrogens is 823 g/mol. The number of nitrogens with zero attached hydrogens (tertiary/aromatic N) is 3. The number of pyridine rings is 1. The van der Waals surface area contributed by atoms with Crippen LogP contribution in [-0.4, -0.2) is 101 Å². The molecule has 61 heavy (non-hydrogen) atoms. The molecule has 2 aromatic heterocycles. The van der Waals surface area contributed by atoms with Gasteiger partial charge in [-0.25, -0.2) is 23.2 Å². The SMILES string of the molecule is C=C[C@H]1C[C@]1(NC(=O)[C@@H]1C[C@@H](Oc2cc(-c3csc(NC(C)C)n3)nc3cc(OC)ccc23)CN1C(=O)[C@@H](NC(=O)OC(C)(C)C)C1CCCCC1)C(=O)NS(=O)(=O)C1CC1. The third kappa shape index (κ3) is 10.1. The molecular formula is C43H57N7O9S2. The van der Waals surface area contributed by atoms with E-state index >= 15 is 0 Å². The number of hydrogen-bond acceptors (Lipinski definition) is 13. The number of thiazole rings is 1. The van der Waals surface area contributed by atoms with Gasteiger partial charge in [-0.3, -0.25) is 19.1 Å². The number of alkyl carbamates (subject to hydrolysis) is 1. The second-order valence-corrected chi connectivity index (χ2v) is 20.7. The van der Waals surface area contributed by atoms with Crippen LogP contribution in [0.3, 0.4) is 0 Å². The van der Waals surface area contributed by atoms with Crippen molar-refractivity contribution in [2.75, 3.05) is 19.0 Å².